The molecule has 1 aliphatic rings. The number of aromatic amines is 1. The standard InChI is InChI=1S/C19H18N4O2/c1-25-15-9-7-13(8-10-15)12-23-16-11-20-22-17(16)19(24)21-18(23)14-5-3-2-4-6-14/h2-11,18H,12H2,1H3,(H,20,22)(H,21,24). The van der Waals surface area contributed by atoms with Gasteiger partial charge in [-0.15, -0.1) is 0 Å². The Morgan fingerprint density at radius 3 is 2.60 bits per heavy atom. The molecule has 0 radical (unpaired) electrons. The number of methoxy groups -OCH3 is 1. The average molecular weight is 334 g/mol. The molecule has 126 valence electrons. The molecule has 1 aliphatic heterocycles. The number of hydrogen-bond donors (Lipinski definition) is 2. The molecular formula is C19H18N4O2. The number of carbonyl (C=O) groups excluding carboxylic acids is 1. The van der Waals surface area contributed by atoms with Crippen molar-refractivity contribution >= 4 is 11.6 Å². The summed E-state index contributed by atoms with van der Waals surface area (Å²) in [5.41, 5.74) is 3.43. The zero-order valence-electron chi connectivity index (χ0n) is 13.8. The van der Waals surface area contributed by atoms with Gasteiger partial charge in [0.2, 0.25) is 0 Å². The van der Waals surface area contributed by atoms with Gasteiger partial charge in [0.05, 0.1) is 19.0 Å². The molecule has 0 fully saturated rings. The molecule has 2 heterocycles. The molecule has 1 atom stereocenters. The lowest BCUT2D eigenvalue weighted by Crippen LogP contribution is -2.46. The second-order valence-corrected chi connectivity index (χ2v) is 5.89. The summed E-state index contributed by atoms with van der Waals surface area (Å²) in [4.78, 5) is 14.5. The third kappa shape index (κ3) is 2.82. The maximum Gasteiger partial charge on any atom is 0.273 e. The van der Waals surface area contributed by atoms with E-state index >= 15 is 0 Å². The second kappa shape index (κ2) is 6.32. The number of H-pyrrole nitrogens is 1. The number of nitrogens with zero attached hydrogens (tertiary/aromatic N) is 2. The zero-order chi connectivity index (χ0) is 17.2. The van der Waals surface area contributed by atoms with E-state index in [2.05, 4.69) is 20.4 Å². The molecule has 6 heteroatoms. The van der Waals surface area contributed by atoms with Gasteiger partial charge in [0, 0.05) is 6.54 Å². The van der Waals surface area contributed by atoms with Gasteiger partial charge in [-0.1, -0.05) is 42.5 Å². The van der Waals surface area contributed by atoms with Crippen molar-refractivity contribution in [2.45, 2.75) is 12.7 Å². The molecule has 0 bridgehead atoms. The minimum atomic E-state index is -0.249. The molecule has 0 aliphatic carbocycles. The van der Waals surface area contributed by atoms with Crippen LogP contribution in [0.15, 0.2) is 60.8 Å². The molecule has 2 N–H and O–H groups in total. The molecule has 0 spiro atoms. The van der Waals surface area contributed by atoms with Gasteiger partial charge in [-0.05, 0) is 23.3 Å². The van der Waals surface area contributed by atoms with E-state index in [4.69, 9.17) is 4.74 Å². The van der Waals surface area contributed by atoms with Crippen molar-refractivity contribution in [1.82, 2.24) is 15.5 Å². The number of amides is 1. The first-order valence-corrected chi connectivity index (χ1v) is 8.05. The maximum atomic E-state index is 12.4. The number of anilines is 1. The van der Waals surface area contributed by atoms with Crippen LogP contribution < -0.4 is 15.0 Å². The van der Waals surface area contributed by atoms with E-state index in [0.717, 1.165) is 22.6 Å². The molecular weight excluding hydrogens is 316 g/mol. The number of ether oxygens (including phenoxy) is 1. The summed E-state index contributed by atoms with van der Waals surface area (Å²) < 4.78 is 5.22. The van der Waals surface area contributed by atoms with E-state index < -0.39 is 0 Å². The van der Waals surface area contributed by atoms with E-state index in [-0.39, 0.29) is 12.1 Å². The lowest BCUT2D eigenvalue weighted by Gasteiger charge is -2.37. The minimum absolute atomic E-state index is 0.146. The monoisotopic (exact) mass is 334 g/mol. The first-order chi connectivity index (χ1) is 12.3. The molecule has 1 amide bonds. The fourth-order valence-corrected chi connectivity index (χ4v) is 3.08. The van der Waals surface area contributed by atoms with Gasteiger partial charge in [-0.2, -0.15) is 5.10 Å². The number of fused-ring (bicyclic) bond motifs is 1. The predicted octanol–water partition coefficient (Wildman–Crippen LogP) is 2.87. The fraction of sp³-hybridized carbons (Fsp3) is 0.158. The zero-order valence-corrected chi connectivity index (χ0v) is 13.8. The largest absolute Gasteiger partial charge is 0.497 e. The number of nitrogens with one attached hydrogen (secondary N) is 2. The number of rotatable bonds is 4. The highest BCUT2D eigenvalue weighted by atomic mass is 16.5. The Labute approximate surface area is 145 Å². The van der Waals surface area contributed by atoms with Crippen LogP contribution in [0.1, 0.15) is 27.8 Å². The SMILES string of the molecule is COc1ccc(CN2c3cn[nH]c3C(=O)NC2c2ccccc2)cc1. The van der Waals surface area contributed by atoms with Crippen molar-refractivity contribution in [2.75, 3.05) is 12.0 Å². The highest BCUT2D eigenvalue weighted by Gasteiger charge is 2.33. The summed E-state index contributed by atoms with van der Waals surface area (Å²) in [7, 11) is 1.65. The minimum Gasteiger partial charge on any atom is -0.497 e. The molecule has 1 unspecified atom stereocenters. The second-order valence-electron chi connectivity index (χ2n) is 5.89. The van der Waals surface area contributed by atoms with Crippen LogP contribution >= 0.6 is 0 Å². The fourth-order valence-electron chi connectivity index (χ4n) is 3.08. The molecule has 4 rings (SSSR count). The third-order valence-corrected chi connectivity index (χ3v) is 4.36. The van der Waals surface area contributed by atoms with Crippen LogP contribution in [0, 0.1) is 0 Å². The highest BCUT2D eigenvalue weighted by molar-refractivity contribution is 6.00. The van der Waals surface area contributed by atoms with Gasteiger partial charge in [0.1, 0.15) is 17.6 Å². The lowest BCUT2D eigenvalue weighted by molar-refractivity contribution is 0.0921. The van der Waals surface area contributed by atoms with Crippen LogP contribution in [0.5, 0.6) is 5.75 Å². The van der Waals surface area contributed by atoms with Gasteiger partial charge >= 0.3 is 0 Å². The maximum absolute atomic E-state index is 12.4. The summed E-state index contributed by atoms with van der Waals surface area (Å²) in [5, 5.41) is 9.90. The molecule has 25 heavy (non-hydrogen) atoms. The molecule has 0 saturated heterocycles. The summed E-state index contributed by atoms with van der Waals surface area (Å²) >= 11 is 0. The van der Waals surface area contributed by atoms with E-state index in [0.29, 0.717) is 12.2 Å². The topological polar surface area (TPSA) is 70.2 Å². The third-order valence-electron chi connectivity index (χ3n) is 4.36. The Morgan fingerprint density at radius 1 is 1.12 bits per heavy atom. The number of benzene rings is 2. The Kier molecular flexibility index (Phi) is 3.85. The van der Waals surface area contributed by atoms with Crippen molar-refractivity contribution < 1.29 is 9.53 Å². The molecule has 3 aromatic rings. The number of hydrogen-bond acceptors (Lipinski definition) is 4. The van der Waals surface area contributed by atoms with Crippen LogP contribution in [-0.2, 0) is 6.54 Å². The number of aromatic nitrogens is 2. The van der Waals surface area contributed by atoms with Crippen LogP contribution in [0.3, 0.4) is 0 Å². The summed E-state index contributed by atoms with van der Waals surface area (Å²) in [6.07, 6.45) is 1.45. The van der Waals surface area contributed by atoms with Crippen molar-refractivity contribution in [3.8, 4) is 5.75 Å². The Morgan fingerprint density at radius 2 is 1.88 bits per heavy atom. The van der Waals surface area contributed by atoms with Gasteiger partial charge in [0.15, 0.2) is 0 Å². The lowest BCUT2D eigenvalue weighted by atomic mass is 10.1. The first-order valence-electron chi connectivity index (χ1n) is 8.05. The normalized spacial score (nSPS) is 16.3. The van der Waals surface area contributed by atoms with Gasteiger partial charge in [-0.3, -0.25) is 9.89 Å². The number of carbonyl (C=O) groups is 1. The molecule has 2 aromatic carbocycles. The van der Waals surface area contributed by atoms with Gasteiger partial charge in [0.25, 0.3) is 5.91 Å². The van der Waals surface area contributed by atoms with Crippen molar-refractivity contribution in [2.24, 2.45) is 0 Å². The average Bonchev–Trinajstić information content (AvgIpc) is 3.16. The van der Waals surface area contributed by atoms with E-state index in [9.17, 15) is 4.79 Å². The van der Waals surface area contributed by atoms with Crippen LogP contribution in [-0.4, -0.2) is 23.2 Å². The quantitative estimate of drug-likeness (QED) is 0.770. The highest BCUT2D eigenvalue weighted by Crippen LogP contribution is 2.33. The Hall–Kier alpha value is -3.28. The van der Waals surface area contributed by atoms with Gasteiger partial charge in [-0.25, -0.2) is 0 Å². The van der Waals surface area contributed by atoms with Gasteiger partial charge < -0.3 is 15.0 Å². The first kappa shape index (κ1) is 15.3. The molecule has 1 aromatic heterocycles. The van der Waals surface area contributed by atoms with E-state index in [1.54, 1.807) is 13.3 Å². The van der Waals surface area contributed by atoms with Crippen molar-refractivity contribution in [3.63, 3.8) is 0 Å². The molecule has 6 nitrogen and oxygen atoms in total. The smallest absolute Gasteiger partial charge is 0.273 e. The van der Waals surface area contributed by atoms with Crippen molar-refractivity contribution in [1.29, 1.82) is 0 Å². The van der Waals surface area contributed by atoms with Crippen LogP contribution in [0.25, 0.3) is 0 Å². The van der Waals surface area contributed by atoms with E-state index in [1.165, 1.54) is 0 Å². The van der Waals surface area contributed by atoms with Crippen LogP contribution in [0.2, 0.25) is 0 Å². The molecule has 0 saturated carbocycles. The van der Waals surface area contributed by atoms with Crippen molar-refractivity contribution in [3.05, 3.63) is 77.6 Å². The summed E-state index contributed by atoms with van der Waals surface area (Å²) in [6, 6.07) is 17.8. The Bertz CT molecular complexity index is 874. The summed E-state index contributed by atoms with van der Waals surface area (Å²) in [5.74, 6) is 0.673. The van der Waals surface area contributed by atoms with Crippen LogP contribution in [0.4, 0.5) is 5.69 Å². The van der Waals surface area contributed by atoms with E-state index in [1.807, 2.05) is 54.6 Å². The summed E-state index contributed by atoms with van der Waals surface area (Å²) in [6.45, 7) is 0.635. The Balaban J connectivity index is 1.72. The predicted molar refractivity (Wildman–Crippen MR) is 94.4 cm³/mol.